The molecule has 1 fully saturated rings. The molecule has 98 valence electrons. The lowest BCUT2D eigenvalue weighted by Crippen LogP contribution is -2.11. The first kappa shape index (κ1) is 12.9. The van der Waals surface area contributed by atoms with Crippen LogP contribution in [-0.4, -0.2) is 30.4 Å². The summed E-state index contributed by atoms with van der Waals surface area (Å²) in [5, 5.41) is 8.86. The van der Waals surface area contributed by atoms with Gasteiger partial charge in [0.1, 0.15) is 5.75 Å². The fraction of sp³-hybridized carbons (Fsp3) is 0.500. The molecule has 0 bridgehead atoms. The minimum atomic E-state index is -0.913. The number of carbonyl (C=O) groups is 1. The molecule has 1 saturated heterocycles. The molecule has 4 heteroatoms. The number of hydrogen-bond acceptors (Lipinski definition) is 3. The zero-order valence-electron chi connectivity index (χ0n) is 10.5. The van der Waals surface area contributed by atoms with Crippen LogP contribution in [0.2, 0.25) is 0 Å². The van der Waals surface area contributed by atoms with Crippen LogP contribution in [0.25, 0.3) is 0 Å². The Bertz CT molecular complexity index is 422. The van der Waals surface area contributed by atoms with Crippen LogP contribution in [0.4, 0.5) is 0 Å². The molecule has 4 nitrogen and oxygen atoms in total. The van der Waals surface area contributed by atoms with Crippen LogP contribution < -0.4 is 4.74 Å². The highest BCUT2D eigenvalue weighted by Gasteiger charge is 2.15. The first-order valence-electron chi connectivity index (χ1n) is 6.25. The maximum absolute atomic E-state index is 10.8. The molecule has 1 aromatic carbocycles. The van der Waals surface area contributed by atoms with Gasteiger partial charge < -0.3 is 14.6 Å². The van der Waals surface area contributed by atoms with Crippen LogP contribution in [0.15, 0.2) is 18.2 Å². The van der Waals surface area contributed by atoms with Crippen LogP contribution in [0.3, 0.4) is 0 Å². The smallest absolute Gasteiger partial charge is 0.335 e. The predicted molar refractivity (Wildman–Crippen MR) is 67.2 cm³/mol. The van der Waals surface area contributed by atoms with Crippen molar-refractivity contribution in [2.24, 2.45) is 0 Å². The summed E-state index contributed by atoms with van der Waals surface area (Å²) in [4.78, 5) is 10.8. The Kier molecular flexibility index (Phi) is 4.20. The Morgan fingerprint density at radius 2 is 2.39 bits per heavy atom. The van der Waals surface area contributed by atoms with Gasteiger partial charge in [0.15, 0.2) is 0 Å². The molecule has 0 radical (unpaired) electrons. The number of carboxylic acid groups (broad SMARTS) is 1. The van der Waals surface area contributed by atoms with Crippen molar-refractivity contribution in [3.05, 3.63) is 29.3 Å². The Labute approximate surface area is 107 Å². The molecule has 0 aromatic heterocycles. The molecule has 1 unspecified atom stereocenters. The van der Waals surface area contributed by atoms with Crippen LogP contribution in [-0.2, 0) is 4.74 Å². The molecule has 1 aliphatic heterocycles. The summed E-state index contributed by atoms with van der Waals surface area (Å²) in [6.45, 7) is 3.32. The molecule has 0 aliphatic carbocycles. The van der Waals surface area contributed by atoms with Gasteiger partial charge in [-0.15, -0.1) is 0 Å². The minimum Gasteiger partial charge on any atom is -0.493 e. The molecule has 1 aliphatic rings. The second kappa shape index (κ2) is 5.87. The second-order valence-electron chi connectivity index (χ2n) is 4.56. The Morgan fingerprint density at radius 1 is 1.56 bits per heavy atom. The maximum atomic E-state index is 10.8. The molecule has 18 heavy (non-hydrogen) atoms. The third-order valence-electron chi connectivity index (χ3n) is 3.14. The van der Waals surface area contributed by atoms with E-state index in [0.717, 1.165) is 37.2 Å². The van der Waals surface area contributed by atoms with Gasteiger partial charge >= 0.3 is 5.97 Å². The van der Waals surface area contributed by atoms with Crippen molar-refractivity contribution in [2.45, 2.75) is 32.3 Å². The monoisotopic (exact) mass is 250 g/mol. The fourth-order valence-electron chi connectivity index (χ4n) is 2.12. The van der Waals surface area contributed by atoms with E-state index >= 15 is 0 Å². The Morgan fingerprint density at radius 3 is 3.00 bits per heavy atom. The highest BCUT2D eigenvalue weighted by molar-refractivity contribution is 5.88. The zero-order valence-corrected chi connectivity index (χ0v) is 10.5. The van der Waals surface area contributed by atoms with Gasteiger partial charge in [0.25, 0.3) is 0 Å². The van der Waals surface area contributed by atoms with Gasteiger partial charge in [-0.25, -0.2) is 4.79 Å². The SMILES string of the molecule is Cc1cc(C(=O)O)ccc1OCCC1CCCO1. The third kappa shape index (κ3) is 3.23. The lowest BCUT2D eigenvalue weighted by atomic mass is 10.1. The minimum absolute atomic E-state index is 0.291. The van der Waals surface area contributed by atoms with Gasteiger partial charge in [-0.3, -0.25) is 0 Å². The van der Waals surface area contributed by atoms with Gasteiger partial charge in [0, 0.05) is 13.0 Å². The summed E-state index contributed by atoms with van der Waals surface area (Å²) in [6.07, 6.45) is 3.46. The number of rotatable bonds is 5. The lowest BCUT2D eigenvalue weighted by Gasteiger charge is -2.12. The van der Waals surface area contributed by atoms with E-state index in [0.29, 0.717) is 18.3 Å². The molecular formula is C14H18O4. The van der Waals surface area contributed by atoms with Crippen LogP contribution in [0.1, 0.15) is 35.2 Å². The lowest BCUT2D eigenvalue weighted by molar-refractivity contribution is 0.0696. The van der Waals surface area contributed by atoms with E-state index in [2.05, 4.69) is 0 Å². The quantitative estimate of drug-likeness (QED) is 0.872. The van der Waals surface area contributed by atoms with Crippen molar-refractivity contribution in [1.29, 1.82) is 0 Å². The predicted octanol–water partition coefficient (Wildman–Crippen LogP) is 2.64. The second-order valence-corrected chi connectivity index (χ2v) is 4.56. The first-order chi connectivity index (χ1) is 8.66. The molecule has 1 atom stereocenters. The van der Waals surface area contributed by atoms with E-state index < -0.39 is 5.97 Å². The third-order valence-corrected chi connectivity index (χ3v) is 3.14. The number of carboxylic acids is 1. The normalized spacial score (nSPS) is 18.8. The molecule has 1 aromatic rings. The first-order valence-corrected chi connectivity index (χ1v) is 6.25. The largest absolute Gasteiger partial charge is 0.493 e. The number of ether oxygens (including phenoxy) is 2. The van der Waals surface area contributed by atoms with Crippen LogP contribution in [0, 0.1) is 6.92 Å². The summed E-state index contributed by atoms with van der Waals surface area (Å²) in [5.41, 5.74) is 1.14. The highest BCUT2D eigenvalue weighted by atomic mass is 16.5. The number of benzene rings is 1. The molecule has 2 rings (SSSR count). The van der Waals surface area contributed by atoms with Crippen molar-refractivity contribution in [3.8, 4) is 5.75 Å². The average molecular weight is 250 g/mol. The van der Waals surface area contributed by atoms with E-state index in [9.17, 15) is 4.79 Å². The van der Waals surface area contributed by atoms with E-state index in [-0.39, 0.29) is 0 Å². The van der Waals surface area contributed by atoms with Gasteiger partial charge in [0.2, 0.25) is 0 Å². The van der Waals surface area contributed by atoms with E-state index in [1.165, 1.54) is 0 Å². The van der Waals surface area contributed by atoms with Gasteiger partial charge in [-0.05, 0) is 43.5 Å². The number of aryl methyl sites for hydroxylation is 1. The van der Waals surface area contributed by atoms with Crippen LogP contribution in [0.5, 0.6) is 5.75 Å². The molecular weight excluding hydrogens is 232 g/mol. The summed E-state index contributed by atoms with van der Waals surface area (Å²) < 4.78 is 11.2. The summed E-state index contributed by atoms with van der Waals surface area (Å²) in [7, 11) is 0. The summed E-state index contributed by atoms with van der Waals surface area (Å²) >= 11 is 0. The standard InChI is InChI=1S/C14H18O4/c1-10-9-11(14(15)16)4-5-13(10)18-8-6-12-3-2-7-17-12/h4-5,9,12H,2-3,6-8H2,1H3,(H,15,16). The van der Waals surface area contributed by atoms with Crippen molar-refractivity contribution in [1.82, 2.24) is 0 Å². The van der Waals surface area contributed by atoms with Crippen molar-refractivity contribution >= 4 is 5.97 Å². The Balaban J connectivity index is 1.87. The van der Waals surface area contributed by atoms with Crippen molar-refractivity contribution < 1.29 is 19.4 Å². The van der Waals surface area contributed by atoms with Crippen molar-refractivity contribution in [2.75, 3.05) is 13.2 Å². The van der Waals surface area contributed by atoms with Gasteiger partial charge in [0.05, 0.1) is 18.3 Å². The average Bonchev–Trinajstić information content (AvgIpc) is 2.84. The molecule has 1 heterocycles. The van der Waals surface area contributed by atoms with Gasteiger partial charge in [-0.2, -0.15) is 0 Å². The van der Waals surface area contributed by atoms with Gasteiger partial charge in [-0.1, -0.05) is 0 Å². The Hall–Kier alpha value is -1.55. The molecule has 0 spiro atoms. The van der Waals surface area contributed by atoms with E-state index in [1.807, 2.05) is 6.92 Å². The summed E-state index contributed by atoms with van der Waals surface area (Å²) in [6, 6.07) is 4.91. The maximum Gasteiger partial charge on any atom is 0.335 e. The number of aromatic carboxylic acids is 1. The zero-order chi connectivity index (χ0) is 13.0. The van der Waals surface area contributed by atoms with E-state index in [4.69, 9.17) is 14.6 Å². The van der Waals surface area contributed by atoms with E-state index in [1.54, 1.807) is 18.2 Å². The highest BCUT2D eigenvalue weighted by Crippen LogP contribution is 2.21. The molecule has 0 amide bonds. The molecule has 1 N–H and O–H groups in total. The van der Waals surface area contributed by atoms with Crippen molar-refractivity contribution in [3.63, 3.8) is 0 Å². The topological polar surface area (TPSA) is 55.8 Å². The molecule has 0 saturated carbocycles. The fourth-order valence-corrected chi connectivity index (χ4v) is 2.12. The summed E-state index contributed by atoms with van der Waals surface area (Å²) in [5.74, 6) is -0.165. The van der Waals surface area contributed by atoms with Crippen LogP contribution >= 0.6 is 0 Å². The number of hydrogen-bond donors (Lipinski definition) is 1.